The Bertz CT molecular complexity index is 289. The normalized spacial score (nSPS) is 44.1. The van der Waals surface area contributed by atoms with Gasteiger partial charge in [-0.2, -0.15) is 0 Å². The zero-order valence-electron chi connectivity index (χ0n) is 11.1. The van der Waals surface area contributed by atoms with Gasteiger partial charge in [0.15, 0.2) is 11.6 Å². The van der Waals surface area contributed by atoms with Crippen molar-refractivity contribution >= 4 is 0 Å². The maximum absolute atomic E-state index is 9.34. The van der Waals surface area contributed by atoms with Crippen molar-refractivity contribution in [2.24, 2.45) is 0 Å². The van der Waals surface area contributed by atoms with Gasteiger partial charge in [0.1, 0.15) is 18.3 Å². The van der Waals surface area contributed by atoms with Crippen LogP contribution < -0.4 is 0 Å². The van der Waals surface area contributed by atoms with E-state index in [4.69, 9.17) is 18.9 Å². The van der Waals surface area contributed by atoms with Gasteiger partial charge in [-0.25, -0.2) is 0 Å². The van der Waals surface area contributed by atoms with Gasteiger partial charge in [0.05, 0.1) is 12.7 Å². The van der Waals surface area contributed by atoms with Crippen molar-refractivity contribution in [3.8, 4) is 0 Å². The molecule has 0 unspecified atom stereocenters. The fraction of sp³-hybridized carbons (Fsp3) is 1.00. The van der Waals surface area contributed by atoms with Crippen LogP contribution in [0.15, 0.2) is 0 Å². The van der Waals surface area contributed by atoms with Crippen LogP contribution >= 0.6 is 0 Å². The number of ether oxygens (including phenoxy) is 4. The molecule has 2 rings (SSSR count). The molecule has 1 N–H and O–H groups in total. The molecule has 0 saturated carbocycles. The van der Waals surface area contributed by atoms with E-state index in [9.17, 15) is 5.11 Å². The van der Waals surface area contributed by atoms with E-state index in [0.29, 0.717) is 0 Å². The number of aliphatic hydroxyl groups excluding tert-OH is 1. The highest BCUT2D eigenvalue weighted by Gasteiger charge is 2.52. The van der Waals surface area contributed by atoms with E-state index in [1.165, 1.54) is 0 Å². The molecule has 0 radical (unpaired) electrons. The quantitative estimate of drug-likeness (QED) is 0.789. The third kappa shape index (κ3) is 2.63. The first-order valence-electron chi connectivity index (χ1n) is 6.06. The fourth-order valence-corrected chi connectivity index (χ4v) is 2.58. The van der Waals surface area contributed by atoms with Crippen LogP contribution in [-0.2, 0) is 18.9 Å². The van der Waals surface area contributed by atoms with Gasteiger partial charge < -0.3 is 24.1 Å². The third-order valence-corrected chi connectivity index (χ3v) is 3.08. The summed E-state index contributed by atoms with van der Waals surface area (Å²) in [4.78, 5) is 0. The highest BCUT2D eigenvalue weighted by molar-refractivity contribution is 4.93. The minimum absolute atomic E-state index is 0.0819. The van der Waals surface area contributed by atoms with E-state index in [1.807, 2.05) is 34.6 Å². The average molecular weight is 246 g/mol. The first kappa shape index (κ1) is 13.2. The first-order chi connectivity index (χ1) is 7.74. The van der Waals surface area contributed by atoms with Crippen molar-refractivity contribution in [2.45, 2.75) is 70.6 Å². The third-order valence-electron chi connectivity index (χ3n) is 3.08. The lowest BCUT2D eigenvalue weighted by Crippen LogP contribution is -2.42. The Morgan fingerprint density at radius 2 is 1.41 bits per heavy atom. The second kappa shape index (κ2) is 4.17. The summed E-state index contributed by atoms with van der Waals surface area (Å²) in [7, 11) is 0. The minimum atomic E-state index is -0.687. The molecule has 2 aliphatic rings. The molecule has 0 aliphatic carbocycles. The Kier molecular flexibility index (Phi) is 3.25. The van der Waals surface area contributed by atoms with Gasteiger partial charge in [0.25, 0.3) is 0 Å². The molecule has 4 atom stereocenters. The van der Waals surface area contributed by atoms with Crippen molar-refractivity contribution in [3.05, 3.63) is 0 Å². The second-order valence-corrected chi connectivity index (χ2v) is 5.63. The van der Waals surface area contributed by atoms with Gasteiger partial charge in [-0.1, -0.05) is 0 Å². The Labute approximate surface area is 102 Å². The average Bonchev–Trinajstić information content (AvgIpc) is 2.62. The topological polar surface area (TPSA) is 57.2 Å². The van der Waals surface area contributed by atoms with Crippen LogP contribution in [0.25, 0.3) is 0 Å². The molecule has 2 heterocycles. The fourth-order valence-electron chi connectivity index (χ4n) is 2.58. The summed E-state index contributed by atoms with van der Waals surface area (Å²) >= 11 is 0. The summed E-state index contributed by atoms with van der Waals surface area (Å²) < 4.78 is 23.0. The summed E-state index contributed by atoms with van der Waals surface area (Å²) in [6.07, 6.45) is -0.966. The number of hydrogen-bond donors (Lipinski definition) is 1. The molecule has 2 fully saturated rings. The van der Waals surface area contributed by atoms with E-state index in [1.54, 1.807) is 0 Å². The molecule has 0 aromatic heterocycles. The molecule has 0 amide bonds. The summed E-state index contributed by atoms with van der Waals surface area (Å²) in [6.45, 7) is 9.28. The van der Waals surface area contributed by atoms with Crippen molar-refractivity contribution < 1.29 is 24.1 Å². The molecular formula is C12H22O5. The van der Waals surface area contributed by atoms with Crippen molar-refractivity contribution in [1.29, 1.82) is 0 Å². The lowest BCUT2D eigenvalue weighted by Gasteiger charge is -2.24. The molecular weight excluding hydrogens is 224 g/mol. The molecule has 0 bridgehead atoms. The van der Waals surface area contributed by atoms with E-state index in [-0.39, 0.29) is 31.0 Å². The predicted octanol–water partition coefficient (Wildman–Crippen LogP) is 1.04. The van der Waals surface area contributed by atoms with Crippen LogP contribution in [-0.4, -0.2) is 47.7 Å². The van der Waals surface area contributed by atoms with Crippen LogP contribution in [0.4, 0.5) is 0 Å². The van der Waals surface area contributed by atoms with E-state index in [2.05, 4.69) is 0 Å². The van der Waals surface area contributed by atoms with Gasteiger partial charge >= 0.3 is 0 Å². The van der Waals surface area contributed by atoms with E-state index < -0.39 is 11.6 Å². The number of hydrogen-bond acceptors (Lipinski definition) is 5. The summed E-state index contributed by atoms with van der Waals surface area (Å²) in [5.41, 5.74) is 0. The Morgan fingerprint density at radius 3 is 1.88 bits per heavy atom. The molecule has 17 heavy (non-hydrogen) atoms. The molecule has 2 aliphatic heterocycles. The second-order valence-electron chi connectivity index (χ2n) is 5.63. The van der Waals surface area contributed by atoms with Crippen molar-refractivity contribution in [3.63, 3.8) is 0 Å². The summed E-state index contributed by atoms with van der Waals surface area (Å²) in [5.74, 6) is -1.30. The van der Waals surface area contributed by atoms with Gasteiger partial charge in [0.2, 0.25) is 0 Å². The maximum Gasteiger partial charge on any atom is 0.164 e. The monoisotopic (exact) mass is 246 g/mol. The molecule has 100 valence electrons. The molecule has 0 spiro atoms. The maximum atomic E-state index is 9.34. The molecule has 5 nitrogen and oxygen atoms in total. The van der Waals surface area contributed by atoms with Crippen molar-refractivity contribution in [2.75, 3.05) is 6.61 Å². The number of rotatable bonds is 2. The predicted molar refractivity (Wildman–Crippen MR) is 60.4 cm³/mol. The van der Waals surface area contributed by atoms with Crippen LogP contribution in [0.5, 0.6) is 0 Å². The van der Waals surface area contributed by atoms with Gasteiger partial charge in [0, 0.05) is 0 Å². The van der Waals surface area contributed by atoms with Crippen LogP contribution in [0.1, 0.15) is 34.6 Å². The van der Waals surface area contributed by atoms with E-state index >= 15 is 0 Å². The zero-order chi connectivity index (χ0) is 12.8. The lowest BCUT2D eigenvalue weighted by atomic mass is 10.0. The largest absolute Gasteiger partial charge is 0.394 e. The SMILES string of the molecule is C[C@@H]1OC(C)(C)O[C@H]1[C@H]1OC(C)(C)O[C@H]1CO. The van der Waals surface area contributed by atoms with Gasteiger partial charge in [-0.05, 0) is 34.6 Å². The zero-order valence-corrected chi connectivity index (χ0v) is 11.1. The molecule has 0 aromatic rings. The van der Waals surface area contributed by atoms with Crippen LogP contribution in [0, 0.1) is 0 Å². The minimum Gasteiger partial charge on any atom is -0.394 e. The standard InChI is InChI=1S/C12H22O5/c1-7-9(16-11(2,3)14-7)10-8(6-13)15-12(4,5)17-10/h7-10,13H,6H2,1-5H3/t7-,8-,9+,10-/m0/s1. The van der Waals surface area contributed by atoms with Crippen LogP contribution in [0.2, 0.25) is 0 Å². The summed E-state index contributed by atoms with van der Waals surface area (Å²) in [6, 6.07) is 0. The Balaban J connectivity index is 2.12. The molecule has 2 saturated heterocycles. The molecule has 5 heteroatoms. The Morgan fingerprint density at radius 1 is 0.882 bits per heavy atom. The van der Waals surface area contributed by atoms with Crippen molar-refractivity contribution in [1.82, 2.24) is 0 Å². The number of aliphatic hydroxyl groups is 1. The van der Waals surface area contributed by atoms with Gasteiger partial charge in [-0.15, -0.1) is 0 Å². The first-order valence-corrected chi connectivity index (χ1v) is 6.06. The highest BCUT2D eigenvalue weighted by Crippen LogP contribution is 2.37. The van der Waals surface area contributed by atoms with E-state index in [0.717, 1.165) is 0 Å². The highest BCUT2D eigenvalue weighted by atomic mass is 16.8. The Hall–Kier alpha value is -0.200. The van der Waals surface area contributed by atoms with Gasteiger partial charge in [-0.3, -0.25) is 0 Å². The van der Waals surface area contributed by atoms with Crippen LogP contribution in [0.3, 0.4) is 0 Å². The lowest BCUT2D eigenvalue weighted by molar-refractivity contribution is -0.175. The molecule has 0 aromatic carbocycles. The summed E-state index contributed by atoms with van der Waals surface area (Å²) in [5, 5.41) is 9.34. The smallest absolute Gasteiger partial charge is 0.164 e.